The molecule has 0 spiro atoms. The van der Waals surface area contributed by atoms with Crippen molar-refractivity contribution in [2.75, 3.05) is 7.05 Å². The SMILES string of the molecule is CNC(C)C(c1c(C)cccc1[N+](=O)[O-])C(C)C. The standard InChI is InChI=1S/C14H22N2O2/c1-9(2)13(11(4)15-5)14-10(3)7-6-8-12(14)16(17)18/h6-9,11,13,15H,1-5H3. The lowest BCUT2D eigenvalue weighted by molar-refractivity contribution is -0.385. The number of aryl methyl sites for hydroxylation is 1. The van der Waals surface area contributed by atoms with Crippen LogP contribution in [0.2, 0.25) is 0 Å². The Morgan fingerprint density at radius 3 is 2.33 bits per heavy atom. The van der Waals surface area contributed by atoms with E-state index in [1.165, 1.54) is 0 Å². The summed E-state index contributed by atoms with van der Waals surface area (Å²) in [6.45, 7) is 8.23. The molecule has 0 saturated carbocycles. The summed E-state index contributed by atoms with van der Waals surface area (Å²) in [7, 11) is 1.89. The molecule has 0 fully saturated rings. The van der Waals surface area contributed by atoms with Crippen LogP contribution >= 0.6 is 0 Å². The van der Waals surface area contributed by atoms with E-state index in [-0.39, 0.29) is 22.6 Å². The molecule has 1 aromatic carbocycles. The molecule has 0 aliphatic carbocycles. The molecule has 1 aromatic rings. The Morgan fingerprint density at radius 1 is 1.28 bits per heavy atom. The molecule has 1 N–H and O–H groups in total. The summed E-state index contributed by atoms with van der Waals surface area (Å²) >= 11 is 0. The molecule has 0 bridgehead atoms. The third kappa shape index (κ3) is 2.88. The van der Waals surface area contributed by atoms with Gasteiger partial charge in [-0.1, -0.05) is 26.0 Å². The zero-order chi connectivity index (χ0) is 13.9. The number of hydrogen-bond acceptors (Lipinski definition) is 3. The molecule has 0 saturated heterocycles. The Morgan fingerprint density at radius 2 is 1.89 bits per heavy atom. The second kappa shape index (κ2) is 5.96. The van der Waals surface area contributed by atoms with E-state index in [1.807, 2.05) is 20.0 Å². The second-order valence-electron chi connectivity index (χ2n) is 5.11. The van der Waals surface area contributed by atoms with E-state index in [9.17, 15) is 10.1 Å². The highest BCUT2D eigenvalue weighted by Crippen LogP contribution is 2.36. The van der Waals surface area contributed by atoms with Gasteiger partial charge in [0.1, 0.15) is 0 Å². The molecule has 0 heterocycles. The second-order valence-corrected chi connectivity index (χ2v) is 5.11. The Balaban J connectivity index is 3.39. The van der Waals surface area contributed by atoms with Crippen molar-refractivity contribution in [1.82, 2.24) is 5.32 Å². The molecule has 0 aliphatic rings. The number of nitro benzene ring substituents is 1. The van der Waals surface area contributed by atoms with Gasteiger partial charge >= 0.3 is 0 Å². The van der Waals surface area contributed by atoms with E-state index in [0.29, 0.717) is 5.92 Å². The van der Waals surface area contributed by atoms with Crippen molar-refractivity contribution >= 4 is 5.69 Å². The van der Waals surface area contributed by atoms with Crippen LogP contribution in [0.25, 0.3) is 0 Å². The fraction of sp³-hybridized carbons (Fsp3) is 0.571. The van der Waals surface area contributed by atoms with Gasteiger partial charge in [-0.2, -0.15) is 0 Å². The van der Waals surface area contributed by atoms with Gasteiger partial charge in [-0.15, -0.1) is 0 Å². The molecule has 2 unspecified atom stereocenters. The molecule has 0 aliphatic heterocycles. The van der Waals surface area contributed by atoms with Gasteiger partial charge in [0.05, 0.1) is 4.92 Å². The number of likely N-dealkylation sites (N-methyl/N-ethyl adjacent to an activating group) is 1. The number of nitrogens with zero attached hydrogens (tertiary/aromatic N) is 1. The number of rotatable bonds is 5. The average molecular weight is 250 g/mol. The van der Waals surface area contributed by atoms with E-state index in [1.54, 1.807) is 12.1 Å². The van der Waals surface area contributed by atoms with Gasteiger partial charge in [0.2, 0.25) is 0 Å². The minimum atomic E-state index is -0.278. The smallest absolute Gasteiger partial charge is 0.273 e. The Kier molecular flexibility index (Phi) is 4.84. The predicted molar refractivity (Wildman–Crippen MR) is 73.9 cm³/mol. The van der Waals surface area contributed by atoms with Crippen molar-refractivity contribution in [2.24, 2.45) is 5.92 Å². The summed E-state index contributed by atoms with van der Waals surface area (Å²) in [5.41, 5.74) is 2.08. The largest absolute Gasteiger partial charge is 0.317 e. The summed E-state index contributed by atoms with van der Waals surface area (Å²) in [5.74, 6) is 0.476. The summed E-state index contributed by atoms with van der Waals surface area (Å²) in [4.78, 5) is 10.9. The predicted octanol–water partition coefficient (Wildman–Crippen LogP) is 3.25. The summed E-state index contributed by atoms with van der Waals surface area (Å²) in [5, 5.41) is 14.4. The summed E-state index contributed by atoms with van der Waals surface area (Å²) in [6, 6.07) is 5.49. The molecular weight excluding hydrogens is 228 g/mol. The molecule has 0 amide bonds. The van der Waals surface area contributed by atoms with Gasteiger partial charge < -0.3 is 5.32 Å². The third-order valence-corrected chi connectivity index (χ3v) is 3.54. The molecule has 1 rings (SSSR count). The fourth-order valence-electron chi connectivity index (χ4n) is 2.60. The van der Waals surface area contributed by atoms with Gasteiger partial charge in [0.25, 0.3) is 5.69 Å². The lowest BCUT2D eigenvalue weighted by Crippen LogP contribution is -2.32. The van der Waals surface area contributed by atoms with E-state index in [0.717, 1.165) is 11.1 Å². The minimum absolute atomic E-state index is 0.136. The van der Waals surface area contributed by atoms with Crippen molar-refractivity contribution in [1.29, 1.82) is 0 Å². The van der Waals surface area contributed by atoms with Gasteiger partial charge in [0.15, 0.2) is 0 Å². The monoisotopic (exact) mass is 250 g/mol. The molecule has 18 heavy (non-hydrogen) atoms. The normalized spacial score (nSPS) is 14.6. The van der Waals surface area contributed by atoms with E-state index >= 15 is 0 Å². The van der Waals surface area contributed by atoms with Gasteiger partial charge in [0, 0.05) is 23.6 Å². The first kappa shape index (κ1) is 14.6. The number of nitro groups is 1. The van der Waals surface area contributed by atoms with Gasteiger partial charge in [-0.25, -0.2) is 0 Å². The Bertz CT molecular complexity index is 430. The molecular formula is C14H22N2O2. The average Bonchev–Trinajstić information content (AvgIpc) is 2.30. The Hall–Kier alpha value is -1.42. The number of benzene rings is 1. The van der Waals surface area contributed by atoms with E-state index in [2.05, 4.69) is 26.1 Å². The highest BCUT2D eigenvalue weighted by Gasteiger charge is 2.29. The molecule has 100 valence electrons. The first-order chi connectivity index (χ1) is 8.40. The first-order valence-electron chi connectivity index (χ1n) is 6.31. The summed E-state index contributed by atoms with van der Waals surface area (Å²) in [6.07, 6.45) is 0. The van der Waals surface area contributed by atoms with Crippen molar-refractivity contribution in [3.05, 3.63) is 39.4 Å². The van der Waals surface area contributed by atoms with Gasteiger partial charge in [-0.3, -0.25) is 10.1 Å². The minimum Gasteiger partial charge on any atom is -0.317 e. The van der Waals surface area contributed by atoms with E-state index in [4.69, 9.17) is 0 Å². The maximum atomic E-state index is 11.2. The highest BCUT2D eigenvalue weighted by molar-refractivity contribution is 5.48. The zero-order valence-corrected chi connectivity index (χ0v) is 11.7. The van der Waals surface area contributed by atoms with Crippen LogP contribution in [0.5, 0.6) is 0 Å². The molecule has 4 heteroatoms. The molecule has 2 atom stereocenters. The third-order valence-electron chi connectivity index (χ3n) is 3.54. The van der Waals surface area contributed by atoms with Crippen LogP contribution in [0.4, 0.5) is 5.69 Å². The summed E-state index contributed by atoms with van der Waals surface area (Å²) < 4.78 is 0. The van der Waals surface area contributed by atoms with Crippen LogP contribution in [0.3, 0.4) is 0 Å². The number of hydrogen-bond donors (Lipinski definition) is 1. The maximum absolute atomic E-state index is 11.2. The van der Waals surface area contributed by atoms with Crippen molar-refractivity contribution in [3.63, 3.8) is 0 Å². The van der Waals surface area contributed by atoms with Crippen molar-refractivity contribution in [2.45, 2.75) is 39.7 Å². The number of nitrogens with one attached hydrogen (secondary N) is 1. The first-order valence-corrected chi connectivity index (χ1v) is 6.31. The molecule has 0 aromatic heterocycles. The quantitative estimate of drug-likeness (QED) is 0.644. The molecule has 4 nitrogen and oxygen atoms in total. The van der Waals surface area contributed by atoms with Crippen LogP contribution in [-0.4, -0.2) is 18.0 Å². The lowest BCUT2D eigenvalue weighted by atomic mass is 9.80. The van der Waals surface area contributed by atoms with Crippen LogP contribution in [0, 0.1) is 23.0 Å². The van der Waals surface area contributed by atoms with Crippen LogP contribution in [0.1, 0.15) is 37.8 Å². The van der Waals surface area contributed by atoms with Crippen LogP contribution in [0.15, 0.2) is 18.2 Å². The van der Waals surface area contributed by atoms with Crippen molar-refractivity contribution < 1.29 is 4.92 Å². The van der Waals surface area contributed by atoms with Gasteiger partial charge in [-0.05, 0) is 32.4 Å². The van der Waals surface area contributed by atoms with Crippen LogP contribution < -0.4 is 5.32 Å². The topological polar surface area (TPSA) is 55.2 Å². The van der Waals surface area contributed by atoms with Crippen molar-refractivity contribution in [3.8, 4) is 0 Å². The molecule has 0 radical (unpaired) electrons. The zero-order valence-electron chi connectivity index (χ0n) is 11.7. The maximum Gasteiger partial charge on any atom is 0.273 e. The van der Waals surface area contributed by atoms with Crippen LogP contribution in [-0.2, 0) is 0 Å². The highest BCUT2D eigenvalue weighted by atomic mass is 16.6. The Labute approximate surface area is 109 Å². The fourth-order valence-corrected chi connectivity index (χ4v) is 2.60. The van der Waals surface area contributed by atoms with E-state index < -0.39 is 0 Å². The lowest BCUT2D eigenvalue weighted by Gasteiger charge is -2.28.